The van der Waals surface area contributed by atoms with Gasteiger partial charge in [0.2, 0.25) is 0 Å². The first-order valence-corrected chi connectivity index (χ1v) is 10.9. The van der Waals surface area contributed by atoms with Gasteiger partial charge in [-0.2, -0.15) is 0 Å². The minimum Gasteiger partial charge on any atom is -0.450 e. The van der Waals surface area contributed by atoms with E-state index >= 15 is 0 Å². The molecule has 1 aliphatic rings. The van der Waals surface area contributed by atoms with Crippen LogP contribution in [0.4, 0.5) is 4.79 Å². The van der Waals surface area contributed by atoms with Crippen LogP contribution in [0, 0.1) is 0 Å². The summed E-state index contributed by atoms with van der Waals surface area (Å²) < 4.78 is 28.6. The first-order valence-electron chi connectivity index (χ1n) is 9.29. The molecule has 152 valence electrons. The highest BCUT2D eigenvalue weighted by molar-refractivity contribution is 7.92. The number of nitrogens with zero attached hydrogens (tertiary/aromatic N) is 2. The maximum absolute atomic E-state index is 12.2. The fourth-order valence-corrected chi connectivity index (χ4v) is 3.46. The van der Waals surface area contributed by atoms with E-state index in [-0.39, 0.29) is 24.4 Å². The van der Waals surface area contributed by atoms with Crippen molar-refractivity contribution in [3.8, 4) is 0 Å². The summed E-state index contributed by atoms with van der Waals surface area (Å²) in [7, 11) is -3.18. The number of rotatable bonds is 6. The topological polar surface area (TPSA) is 100 Å². The third-order valence-corrected chi connectivity index (χ3v) is 6.86. The van der Waals surface area contributed by atoms with Gasteiger partial charge in [0.05, 0.1) is 23.7 Å². The lowest BCUT2D eigenvalue weighted by atomic mass is 10.1. The van der Waals surface area contributed by atoms with Crippen molar-refractivity contribution in [2.24, 2.45) is 4.99 Å². The lowest BCUT2D eigenvalue weighted by Crippen LogP contribution is -2.50. The molecule has 8 nitrogen and oxygen atoms in total. The van der Waals surface area contributed by atoms with Crippen LogP contribution in [0.5, 0.6) is 0 Å². The van der Waals surface area contributed by atoms with Crippen LogP contribution in [-0.4, -0.2) is 74.7 Å². The number of guanidine groups is 1. The Morgan fingerprint density at radius 2 is 1.85 bits per heavy atom. The summed E-state index contributed by atoms with van der Waals surface area (Å²) in [5.74, 6) is 0.639. The predicted octanol–water partition coefficient (Wildman–Crippen LogP) is 1.38. The van der Waals surface area contributed by atoms with Gasteiger partial charge in [0, 0.05) is 25.7 Å². The number of piperidine rings is 1. The largest absolute Gasteiger partial charge is 0.450 e. The van der Waals surface area contributed by atoms with Crippen LogP contribution < -0.4 is 10.6 Å². The molecule has 0 radical (unpaired) electrons. The molecule has 1 fully saturated rings. The highest BCUT2D eigenvalue weighted by Crippen LogP contribution is 2.15. The first kappa shape index (κ1) is 22.5. The van der Waals surface area contributed by atoms with Gasteiger partial charge in [0.1, 0.15) is 0 Å². The Balaban J connectivity index is 2.55. The number of sulfone groups is 1. The van der Waals surface area contributed by atoms with Gasteiger partial charge in [0.15, 0.2) is 15.8 Å². The fourth-order valence-electron chi connectivity index (χ4n) is 2.52. The average molecular weight is 391 g/mol. The van der Waals surface area contributed by atoms with Crippen molar-refractivity contribution in [3.05, 3.63) is 0 Å². The summed E-state index contributed by atoms with van der Waals surface area (Å²) in [6.45, 7) is 11.4. The molecule has 1 rings (SSSR count). The van der Waals surface area contributed by atoms with Crippen molar-refractivity contribution in [3.63, 3.8) is 0 Å². The summed E-state index contributed by atoms with van der Waals surface area (Å²) >= 11 is 0. The molecule has 1 saturated heterocycles. The van der Waals surface area contributed by atoms with Crippen LogP contribution in [0.15, 0.2) is 4.99 Å². The quantitative estimate of drug-likeness (QED) is 0.525. The number of amides is 1. The van der Waals surface area contributed by atoms with Gasteiger partial charge in [-0.1, -0.05) is 0 Å². The van der Waals surface area contributed by atoms with E-state index < -0.39 is 14.6 Å². The molecule has 0 spiro atoms. The minimum atomic E-state index is -3.18. The van der Waals surface area contributed by atoms with Crippen molar-refractivity contribution < 1.29 is 17.9 Å². The second-order valence-corrected chi connectivity index (χ2v) is 10.2. The minimum absolute atomic E-state index is 0.0222. The zero-order chi connectivity index (χ0) is 19.8. The van der Waals surface area contributed by atoms with E-state index in [1.807, 2.05) is 6.92 Å². The second kappa shape index (κ2) is 9.99. The van der Waals surface area contributed by atoms with Crippen molar-refractivity contribution >= 4 is 21.9 Å². The smallest absolute Gasteiger partial charge is 0.409 e. The molecule has 26 heavy (non-hydrogen) atoms. The van der Waals surface area contributed by atoms with E-state index in [1.54, 1.807) is 32.6 Å². The molecule has 0 bridgehead atoms. The summed E-state index contributed by atoms with van der Waals surface area (Å²) in [6, 6.07) is 0.192. The van der Waals surface area contributed by atoms with Gasteiger partial charge in [-0.3, -0.25) is 4.99 Å². The van der Waals surface area contributed by atoms with E-state index in [4.69, 9.17) is 4.74 Å². The van der Waals surface area contributed by atoms with Gasteiger partial charge in [0.25, 0.3) is 0 Å². The van der Waals surface area contributed by atoms with Gasteiger partial charge < -0.3 is 20.3 Å². The fraction of sp³-hybridized carbons (Fsp3) is 0.882. The number of likely N-dealkylation sites (tertiary alicyclic amines) is 1. The highest BCUT2D eigenvalue weighted by Gasteiger charge is 2.28. The van der Waals surface area contributed by atoms with Gasteiger partial charge in [-0.15, -0.1) is 0 Å². The molecule has 9 heteroatoms. The van der Waals surface area contributed by atoms with Crippen LogP contribution in [0.3, 0.4) is 0 Å². The van der Waals surface area contributed by atoms with Crippen LogP contribution in [-0.2, 0) is 14.6 Å². The lowest BCUT2D eigenvalue weighted by molar-refractivity contribution is 0.0963. The lowest BCUT2D eigenvalue weighted by Gasteiger charge is -2.32. The van der Waals surface area contributed by atoms with Gasteiger partial charge >= 0.3 is 6.09 Å². The molecule has 0 aromatic heterocycles. The molecule has 2 N–H and O–H groups in total. The van der Waals surface area contributed by atoms with Gasteiger partial charge in [-0.05, 0) is 47.5 Å². The second-order valence-electron chi connectivity index (χ2n) is 7.30. The van der Waals surface area contributed by atoms with E-state index in [1.165, 1.54) is 0 Å². The molecular weight excluding hydrogens is 356 g/mol. The Kier molecular flexibility index (Phi) is 8.66. The Hall–Kier alpha value is -1.51. The Bertz CT molecular complexity index is 576. The molecule has 1 heterocycles. The summed E-state index contributed by atoms with van der Waals surface area (Å²) in [5, 5.41) is 6.49. The molecule has 0 unspecified atom stereocenters. The van der Waals surface area contributed by atoms with E-state index in [0.29, 0.717) is 32.2 Å². The zero-order valence-electron chi connectivity index (χ0n) is 16.7. The number of carbonyl (C=O) groups excluding carboxylic acids is 1. The molecule has 0 aromatic rings. The molecule has 0 aliphatic carbocycles. The van der Waals surface area contributed by atoms with Crippen molar-refractivity contribution in [2.75, 3.05) is 38.5 Å². The van der Waals surface area contributed by atoms with Crippen molar-refractivity contribution in [1.82, 2.24) is 15.5 Å². The third kappa shape index (κ3) is 7.01. The zero-order valence-corrected chi connectivity index (χ0v) is 17.5. The SMILES string of the molecule is CCNC(=NCCS(=O)(=O)C(C)(C)C)NC1CCN(C(=O)OCC)CC1. The third-order valence-electron chi connectivity index (χ3n) is 4.27. The standard InChI is InChI=1S/C17H34N4O4S/c1-6-18-15(19-10-13-26(23,24)17(3,4)5)20-14-8-11-21(12-9-14)16(22)25-7-2/h14H,6-13H2,1-5H3,(H2,18,19,20). The Morgan fingerprint density at radius 1 is 1.23 bits per heavy atom. The number of carbonyl (C=O) groups is 1. The number of ether oxygens (including phenoxy) is 1. The number of hydrogen-bond donors (Lipinski definition) is 2. The van der Waals surface area contributed by atoms with E-state index in [9.17, 15) is 13.2 Å². The monoisotopic (exact) mass is 390 g/mol. The number of aliphatic imine (C=N–C) groups is 1. The first-order chi connectivity index (χ1) is 12.1. The molecule has 1 amide bonds. The number of hydrogen-bond acceptors (Lipinski definition) is 5. The summed E-state index contributed by atoms with van der Waals surface area (Å²) in [6.07, 6.45) is 1.33. The number of nitrogens with one attached hydrogen (secondary N) is 2. The van der Waals surface area contributed by atoms with Crippen LogP contribution in [0.1, 0.15) is 47.5 Å². The van der Waals surface area contributed by atoms with Gasteiger partial charge in [-0.25, -0.2) is 13.2 Å². The molecule has 0 saturated carbocycles. The predicted molar refractivity (Wildman–Crippen MR) is 104 cm³/mol. The summed E-state index contributed by atoms with van der Waals surface area (Å²) in [4.78, 5) is 17.8. The van der Waals surface area contributed by atoms with E-state index in [2.05, 4.69) is 15.6 Å². The highest BCUT2D eigenvalue weighted by atomic mass is 32.2. The molecule has 1 aliphatic heterocycles. The maximum Gasteiger partial charge on any atom is 0.409 e. The van der Waals surface area contributed by atoms with Crippen LogP contribution >= 0.6 is 0 Å². The average Bonchev–Trinajstić information content (AvgIpc) is 2.54. The van der Waals surface area contributed by atoms with Crippen LogP contribution in [0.25, 0.3) is 0 Å². The molecular formula is C17H34N4O4S. The van der Waals surface area contributed by atoms with Crippen molar-refractivity contribution in [2.45, 2.75) is 58.2 Å². The maximum atomic E-state index is 12.2. The molecule has 0 atom stereocenters. The Labute approximate surface area is 157 Å². The summed E-state index contributed by atoms with van der Waals surface area (Å²) in [5.41, 5.74) is 0. The van der Waals surface area contributed by atoms with E-state index in [0.717, 1.165) is 12.8 Å². The van der Waals surface area contributed by atoms with Crippen LogP contribution in [0.2, 0.25) is 0 Å². The Morgan fingerprint density at radius 3 is 2.35 bits per heavy atom. The normalized spacial score (nSPS) is 17.1. The van der Waals surface area contributed by atoms with Crippen molar-refractivity contribution in [1.29, 1.82) is 0 Å². The molecule has 0 aromatic carbocycles.